The highest BCUT2D eigenvalue weighted by Gasteiger charge is 2.41. The van der Waals surface area contributed by atoms with Crippen molar-refractivity contribution in [2.75, 3.05) is 0 Å². The van der Waals surface area contributed by atoms with Crippen LogP contribution in [-0.4, -0.2) is 21.3 Å². The molecule has 0 radical (unpaired) electrons. The van der Waals surface area contributed by atoms with Crippen LogP contribution in [0.25, 0.3) is 16.8 Å². The first-order valence-corrected chi connectivity index (χ1v) is 12.5. The highest BCUT2D eigenvalue weighted by Crippen LogP contribution is 2.36. The molecule has 0 aliphatic carbocycles. The summed E-state index contributed by atoms with van der Waals surface area (Å²) in [5, 5.41) is 0. The Morgan fingerprint density at radius 1 is 0.778 bits per heavy atom. The lowest BCUT2D eigenvalue weighted by Crippen LogP contribution is -2.31. The van der Waals surface area contributed by atoms with Crippen LogP contribution in [0.1, 0.15) is 52.7 Å². The topological polar surface area (TPSA) is 59.4 Å². The number of para-hydroxylation sites is 1. The molecule has 180 valence electrons. The van der Waals surface area contributed by atoms with Gasteiger partial charge in [0.1, 0.15) is 5.69 Å². The first-order chi connectivity index (χ1) is 17.2. The van der Waals surface area contributed by atoms with E-state index in [9.17, 15) is 14.4 Å². The number of nitrogens with zero attached hydrogens (tertiary/aromatic N) is 2. The van der Waals surface area contributed by atoms with Gasteiger partial charge in [0.25, 0.3) is 17.4 Å². The highest BCUT2D eigenvalue weighted by molar-refractivity contribution is 9.10. The molecule has 0 saturated carbocycles. The minimum atomic E-state index is -0.475. The van der Waals surface area contributed by atoms with Gasteiger partial charge in [0.05, 0.1) is 17.8 Å². The lowest BCUT2D eigenvalue weighted by Gasteiger charge is -2.24. The number of rotatable bonds is 4. The molecular formula is C30H25BrN2O3. The smallest absolute Gasteiger partial charge is 0.271 e. The third kappa shape index (κ3) is 4.11. The molecule has 0 spiro atoms. The van der Waals surface area contributed by atoms with E-state index in [1.165, 1.54) is 15.5 Å². The zero-order chi connectivity index (χ0) is 25.6. The summed E-state index contributed by atoms with van der Waals surface area (Å²) < 4.78 is 2.23. The Morgan fingerprint density at radius 2 is 1.47 bits per heavy atom. The quantitative estimate of drug-likeness (QED) is 0.283. The lowest BCUT2D eigenvalue weighted by molar-refractivity contribution is 0.0639. The zero-order valence-electron chi connectivity index (χ0n) is 20.3. The minimum absolute atomic E-state index is 0.107. The molecule has 2 heterocycles. The van der Waals surface area contributed by atoms with Gasteiger partial charge in [-0.2, -0.15) is 0 Å². The molecule has 0 bridgehead atoms. The van der Waals surface area contributed by atoms with E-state index in [0.29, 0.717) is 16.8 Å². The molecule has 6 heteroatoms. The summed E-state index contributed by atoms with van der Waals surface area (Å²) >= 11 is 3.48. The second-order valence-electron chi connectivity index (χ2n) is 9.91. The molecule has 2 amide bonds. The maximum absolute atomic E-state index is 13.9. The third-order valence-corrected chi connectivity index (χ3v) is 6.89. The number of hydrogen-bond acceptors (Lipinski definition) is 3. The molecule has 5 rings (SSSR count). The number of hydrogen-bond donors (Lipinski definition) is 0. The maximum atomic E-state index is 13.9. The Bertz CT molecular complexity index is 1570. The van der Waals surface area contributed by atoms with Crippen LogP contribution in [0.4, 0.5) is 0 Å². The average Bonchev–Trinajstić information content (AvgIpc) is 3.09. The van der Waals surface area contributed by atoms with Gasteiger partial charge in [-0.1, -0.05) is 97.4 Å². The fourth-order valence-corrected chi connectivity index (χ4v) is 5.12. The van der Waals surface area contributed by atoms with Crippen LogP contribution in [-0.2, 0) is 12.0 Å². The molecule has 1 aliphatic heterocycles. The monoisotopic (exact) mass is 540 g/mol. The number of amides is 2. The van der Waals surface area contributed by atoms with Gasteiger partial charge < -0.3 is 0 Å². The Balaban J connectivity index is 1.80. The van der Waals surface area contributed by atoms with E-state index in [2.05, 4.69) is 36.7 Å². The van der Waals surface area contributed by atoms with Crippen molar-refractivity contribution in [2.45, 2.75) is 32.7 Å². The number of aromatic nitrogens is 1. The van der Waals surface area contributed by atoms with Gasteiger partial charge in [0.2, 0.25) is 0 Å². The summed E-state index contributed by atoms with van der Waals surface area (Å²) in [5.41, 5.74) is 3.20. The minimum Gasteiger partial charge on any atom is -0.271 e. The molecular weight excluding hydrogens is 516 g/mol. The Morgan fingerprint density at radius 3 is 2.17 bits per heavy atom. The van der Waals surface area contributed by atoms with E-state index >= 15 is 0 Å². The Kier molecular flexibility index (Phi) is 6.00. The van der Waals surface area contributed by atoms with Gasteiger partial charge in [0.15, 0.2) is 0 Å². The summed E-state index contributed by atoms with van der Waals surface area (Å²) in [5.74, 6) is -0.882. The third-order valence-electron chi connectivity index (χ3n) is 6.40. The van der Waals surface area contributed by atoms with E-state index in [-0.39, 0.29) is 28.8 Å². The molecule has 1 aromatic heterocycles. The number of carbonyl (C=O) groups is 2. The number of imide groups is 1. The molecule has 0 saturated heterocycles. The number of benzene rings is 3. The van der Waals surface area contributed by atoms with Gasteiger partial charge in [-0.15, -0.1) is 0 Å². The fourth-order valence-electron chi connectivity index (χ4n) is 4.72. The summed E-state index contributed by atoms with van der Waals surface area (Å²) in [6, 6.07) is 25.8. The first-order valence-electron chi connectivity index (χ1n) is 11.7. The van der Waals surface area contributed by atoms with Crippen LogP contribution in [0.3, 0.4) is 0 Å². The van der Waals surface area contributed by atoms with Crippen LogP contribution in [0.5, 0.6) is 0 Å². The van der Waals surface area contributed by atoms with Crippen molar-refractivity contribution in [2.24, 2.45) is 0 Å². The molecule has 1 aliphatic rings. The molecule has 0 unspecified atom stereocenters. The Hall–Kier alpha value is -3.77. The summed E-state index contributed by atoms with van der Waals surface area (Å²) in [6.07, 6.45) is 0. The molecule has 5 nitrogen and oxygen atoms in total. The van der Waals surface area contributed by atoms with E-state index in [0.717, 1.165) is 15.6 Å². The van der Waals surface area contributed by atoms with Gasteiger partial charge in [-0.25, -0.2) is 0 Å². The molecule has 36 heavy (non-hydrogen) atoms. The predicted molar refractivity (Wildman–Crippen MR) is 145 cm³/mol. The predicted octanol–water partition coefficient (Wildman–Crippen LogP) is 6.36. The van der Waals surface area contributed by atoms with E-state index in [1.54, 1.807) is 0 Å². The van der Waals surface area contributed by atoms with Crippen molar-refractivity contribution in [3.05, 3.63) is 122 Å². The first kappa shape index (κ1) is 23.9. The van der Waals surface area contributed by atoms with E-state index in [1.807, 2.05) is 78.9 Å². The number of halogens is 1. The van der Waals surface area contributed by atoms with Crippen LogP contribution in [0.2, 0.25) is 0 Å². The SMILES string of the molecule is CC(C)(C)c1ccccc1-n1c2c(c(-c3cccc(Br)c3)cc1=O)C(=O)N(Cc1ccccc1)C2=O. The Labute approximate surface area is 218 Å². The maximum Gasteiger partial charge on any atom is 0.278 e. The number of pyridine rings is 1. The molecule has 3 aromatic carbocycles. The second kappa shape index (κ2) is 9.03. The van der Waals surface area contributed by atoms with Crippen molar-refractivity contribution in [3.8, 4) is 16.8 Å². The largest absolute Gasteiger partial charge is 0.278 e. The fraction of sp³-hybridized carbons (Fsp3) is 0.167. The van der Waals surface area contributed by atoms with E-state index < -0.39 is 11.8 Å². The van der Waals surface area contributed by atoms with Crippen LogP contribution >= 0.6 is 15.9 Å². The number of fused-ring (bicyclic) bond motifs is 1. The van der Waals surface area contributed by atoms with Crippen molar-refractivity contribution in [1.29, 1.82) is 0 Å². The highest BCUT2D eigenvalue weighted by atomic mass is 79.9. The summed E-state index contributed by atoms with van der Waals surface area (Å²) in [7, 11) is 0. The van der Waals surface area contributed by atoms with Gasteiger partial charge in [0, 0.05) is 16.1 Å². The standard InChI is InChI=1S/C30H25BrN2O3/c1-30(2,3)23-14-7-8-15-24(23)33-25(34)17-22(20-12-9-13-21(31)16-20)26-27(33)29(36)32(28(26)35)18-19-10-5-4-6-11-19/h4-17H,18H2,1-3H3. The second-order valence-corrected chi connectivity index (χ2v) is 10.8. The van der Waals surface area contributed by atoms with Crippen LogP contribution in [0.15, 0.2) is 94.2 Å². The molecule has 0 atom stereocenters. The van der Waals surface area contributed by atoms with Crippen molar-refractivity contribution in [1.82, 2.24) is 9.47 Å². The van der Waals surface area contributed by atoms with Gasteiger partial charge in [-0.05, 0) is 40.3 Å². The summed E-state index contributed by atoms with van der Waals surface area (Å²) in [4.78, 5) is 42.7. The van der Waals surface area contributed by atoms with Crippen LogP contribution < -0.4 is 5.56 Å². The van der Waals surface area contributed by atoms with Gasteiger partial charge in [-0.3, -0.25) is 23.9 Å². The summed E-state index contributed by atoms with van der Waals surface area (Å²) in [6.45, 7) is 6.30. The molecule has 0 fully saturated rings. The van der Waals surface area contributed by atoms with E-state index in [4.69, 9.17) is 0 Å². The normalized spacial score (nSPS) is 13.3. The van der Waals surface area contributed by atoms with Crippen molar-refractivity contribution in [3.63, 3.8) is 0 Å². The zero-order valence-corrected chi connectivity index (χ0v) is 21.9. The average molecular weight is 541 g/mol. The van der Waals surface area contributed by atoms with Crippen molar-refractivity contribution < 1.29 is 9.59 Å². The van der Waals surface area contributed by atoms with Crippen LogP contribution in [0, 0.1) is 0 Å². The molecule has 4 aromatic rings. The van der Waals surface area contributed by atoms with Crippen molar-refractivity contribution >= 4 is 27.7 Å². The molecule has 0 N–H and O–H groups in total. The van der Waals surface area contributed by atoms with Gasteiger partial charge >= 0.3 is 0 Å². The lowest BCUT2D eigenvalue weighted by atomic mass is 9.85. The number of carbonyl (C=O) groups excluding carboxylic acids is 2.